The molecular weight excluding hydrogens is 142 g/mol. The molecule has 0 aliphatic heterocycles. The van der Waals surface area contributed by atoms with Gasteiger partial charge in [0.15, 0.2) is 11.6 Å². The van der Waals surface area contributed by atoms with Crippen molar-refractivity contribution in [2.75, 3.05) is 11.5 Å². The number of hydrogen-bond donors (Lipinski definition) is 3. The molecule has 0 aliphatic carbocycles. The summed E-state index contributed by atoms with van der Waals surface area (Å²) in [7, 11) is 0. The minimum Gasteiger partial charge on any atom is -0.384 e. The van der Waals surface area contributed by atoms with Gasteiger partial charge in [0.25, 0.3) is 0 Å². The zero-order valence-corrected chi connectivity index (χ0v) is 5.70. The molecule has 0 aliphatic rings. The number of rotatable bonds is 0. The van der Waals surface area contributed by atoms with Crippen molar-refractivity contribution in [1.29, 1.82) is 0 Å². The fraction of sp³-hybridized carbons (Fsp3) is 0. The predicted molar refractivity (Wildman–Crippen MR) is 42.7 cm³/mol. The van der Waals surface area contributed by atoms with E-state index in [-0.39, 0.29) is 0 Å². The van der Waals surface area contributed by atoms with Crippen molar-refractivity contribution in [3.05, 3.63) is 12.1 Å². The minimum atomic E-state index is 0.359. The second-order valence-corrected chi connectivity index (χ2v) is 2.23. The van der Waals surface area contributed by atoms with Gasteiger partial charge in [-0.25, -0.2) is 4.98 Å². The van der Waals surface area contributed by atoms with Crippen LogP contribution in [0, 0.1) is 0 Å². The lowest BCUT2D eigenvalue weighted by molar-refractivity contribution is 1.31. The fourth-order valence-electron chi connectivity index (χ4n) is 0.926. The van der Waals surface area contributed by atoms with E-state index in [4.69, 9.17) is 11.5 Å². The average Bonchev–Trinajstić information content (AvgIpc) is 2.27. The van der Waals surface area contributed by atoms with E-state index >= 15 is 0 Å². The third-order valence-electron chi connectivity index (χ3n) is 1.39. The molecule has 0 saturated carbocycles. The smallest absolute Gasteiger partial charge is 0.200 e. The molecule has 0 unspecified atom stereocenters. The third kappa shape index (κ3) is 0.861. The van der Waals surface area contributed by atoms with Crippen molar-refractivity contribution in [2.24, 2.45) is 0 Å². The number of pyridine rings is 1. The van der Waals surface area contributed by atoms with Crippen LogP contribution >= 0.6 is 0 Å². The summed E-state index contributed by atoms with van der Waals surface area (Å²) in [5.41, 5.74) is 12.2. The number of nitrogens with one attached hydrogen (secondary N) is 1. The van der Waals surface area contributed by atoms with Gasteiger partial charge < -0.3 is 16.5 Å². The van der Waals surface area contributed by atoms with Gasteiger partial charge in [-0.05, 0) is 12.1 Å². The van der Waals surface area contributed by atoms with Crippen LogP contribution in [0.1, 0.15) is 0 Å². The highest BCUT2D eigenvalue weighted by atomic mass is 15.1. The predicted octanol–water partition coefficient (Wildman–Crippen LogP) is 0.122. The largest absolute Gasteiger partial charge is 0.384 e. The van der Waals surface area contributed by atoms with Crippen LogP contribution in [0.5, 0.6) is 0 Å². The zero-order valence-electron chi connectivity index (χ0n) is 5.70. The molecule has 0 fully saturated rings. The Bertz CT molecular complexity index is 391. The molecule has 0 saturated heterocycles. The number of imidazole rings is 1. The molecule has 0 amide bonds. The molecule has 0 bridgehead atoms. The number of nitrogen functional groups attached to an aromatic ring is 2. The number of H-pyrrole nitrogens is 1. The van der Waals surface area contributed by atoms with Crippen molar-refractivity contribution in [1.82, 2.24) is 15.0 Å². The maximum absolute atomic E-state index is 5.43. The number of aromatic nitrogens is 3. The first-order valence-electron chi connectivity index (χ1n) is 3.13. The number of nitrogens with zero attached hydrogens (tertiary/aromatic N) is 2. The van der Waals surface area contributed by atoms with Crippen LogP contribution in [-0.2, 0) is 0 Å². The van der Waals surface area contributed by atoms with Gasteiger partial charge in [0.1, 0.15) is 5.82 Å². The Morgan fingerprint density at radius 2 is 2.00 bits per heavy atom. The van der Waals surface area contributed by atoms with Crippen molar-refractivity contribution in [2.45, 2.75) is 0 Å². The van der Waals surface area contributed by atoms with Gasteiger partial charge in [-0.1, -0.05) is 0 Å². The van der Waals surface area contributed by atoms with E-state index in [1.54, 1.807) is 12.1 Å². The van der Waals surface area contributed by atoms with E-state index in [2.05, 4.69) is 15.0 Å². The topological polar surface area (TPSA) is 93.6 Å². The van der Waals surface area contributed by atoms with E-state index in [1.165, 1.54) is 0 Å². The molecule has 11 heavy (non-hydrogen) atoms. The van der Waals surface area contributed by atoms with Crippen molar-refractivity contribution < 1.29 is 0 Å². The maximum atomic E-state index is 5.43. The summed E-state index contributed by atoms with van der Waals surface area (Å²) in [6, 6.07) is 3.49. The molecule has 2 aromatic heterocycles. The zero-order chi connectivity index (χ0) is 7.84. The summed E-state index contributed by atoms with van der Waals surface area (Å²) < 4.78 is 0. The quantitative estimate of drug-likeness (QED) is 0.496. The van der Waals surface area contributed by atoms with Crippen LogP contribution in [0.4, 0.5) is 11.8 Å². The Kier molecular flexibility index (Phi) is 1.00. The molecule has 56 valence electrons. The number of fused-ring (bicyclic) bond motifs is 1. The van der Waals surface area contributed by atoms with Crippen LogP contribution < -0.4 is 11.5 Å². The summed E-state index contributed by atoms with van der Waals surface area (Å²) in [6.07, 6.45) is 0. The lowest BCUT2D eigenvalue weighted by Crippen LogP contribution is -1.88. The lowest BCUT2D eigenvalue weighted by Gasteiger charge is -1.88. The highest BCUT2D eigenvalue weighted by Gasteiger charge is 1.99. The molecule has 5 heteroatoms. The summed E-state index contributed by atoms with van der Waals surface area (Å²) in [5.74, 6) is 0.808. The second-order valence-electron chi connectivity index (χ2n) is 2.23. The Morgan fingerprint density at radius 1 is 1.18 bits per heavy atom. The van der Waals surface area contributed by atoms with Gasteiger partial charge >= 0.3 is 0 Å². The first-order valence-corrected chi connectivity index (χ1v) is 3.13. The molecule has 5 N–H and O–H groups in total. The van der Waals surface area contributed by atoms with Crippen molar-refractivity contribution in [3.63, 3.8) is 0 Å². The SMILES string of the molecule is Nc1ccc2[nH]c(N)nc2n1. The van der Waals surface area contributed by atoms with Gasteiger partial charge in [0.05, 0.1) is 5.52 Å². The third-order valence-corrected chi connectivity index (χ3v) is 1.39. The van der Waals surface area contributed by atoms with Crippen LogP contribution in [-0.4, -0.2) is 15.0 Å². The molecule has 2 rings (SSSR count). The van der Waals surface area contributed by atoms with Crippen LogP contribution in [0.2, 0.25) is 0 Å². The maximum Gasteiger partial charge on any atom is 0.200 e. The van der Waals surface area contributed by atoms with E-state index < -0.39 is 0 Å². The number of hydrogen-bond acceptors (Lipinski definition) is 4. The lowest BCUT2D eigenvalue weighted by atomic mass is 10.4. The van der Waals surface area contributed by atoms with E-state index in [9.17, 15) is 0 Å². The molecule has 0 atom stereocenters. The molecular formula is C6H7N5. The monoisotopic (exact) mass is 149 g/mol. The summed E-state index contributed by atoms with van der Waals surface area (Å²) in [6.45, 7) is 0. The number of anilines is 2. The van der Waals surface area contributed by atoms with Crippen molar-refractivity contribution >= 4 is 22.9 Å². The Morgan fingerprint density at radius 3 is 2.82 bits per heavy atom. The van der Waals surface area contributed by atoms with Gasteiger partial charge in [-0.2, -0.15) is 4.98 Å². The second kappa shape index (κ2) is 1.85. The Hall–Kier alpha value is -1.78. The molecule has 5 nitrogen and oxygen atoms in total. The van der Waals surface area contributed by atoms with Gasteiger partial charge in [-0.15, -0.1) is 0 Å². The van der Waals surface area contributed by atoms with Crippen LogP contribution in [0.25, 0.3) is 11.2 Å². The minimum absolute atomic E-state index is 0.359. The Balaban J connectivity index is 2.82. The summed E-state index contributed by atoms with van der Waals surface area (Å²) >= 11 is 0. The first kappa shape index (κ1) is 5.96. The first-order chi connectivity index (χ1) is 5.25. The van der Waals surface area contributed by atoms with Gasteiger partial charge in [0, 0.05) is 0 Å². The molecule has 0 aromatic carbocycles. The average molecular weight is 149 g/mol. The summed E-state index contributed by atoms with van der Waals surface area (Å²) in [5, 5.41) is 0. The fourth-order valence-corrected chi connectivity index (χ4v) is 0.926. The normalized spacial score (nSPS) is 10.5. The van der Waals surface area contributed by atoms with Crippen LogP contribution in [0.3, 0.4) is 0 Å². The molecule has 0 spiro atoms. The van der Waals surface area contributed by atoms with Gasteiger partial charge in [0.2, 0.25) is 0 Å². The highest BCUT2D eigenvalue weighted by molar-refractivity contribution is 5.74. The molecule has 2 heterocycles. The van der Waals surface area contributed by atoms with E-state index in [0.717, 1.165) is 5.52 Å². The van der Waals surface area contributed by atoms with E-state index in [0.29, 0.717) is 17.4 Å². The molecule has 0 radical (unpaired) electrons. The number of nitrogens with two attached hydrogens (primary N) is 2. The van der Waals surface area contributed by atoms with Gasteiger partial charge in [-0.3, -0.25) is 0 Å². The number of aromatic amines is 1. The highest BCUT2D eigenvalue weighted by Crippen LogP contribution is 2.10. The van der Waals surface area contributed by atoms with Crippen molar-refractivity contribution in [3.8, 4) is 0 Å². The Labute approximate surface area is 62.4 Å². The molecule has 2 aromatic rings. The van der Waals surface area contributed by atoms with Crippen LogP contribution in [0.15, 0.2) is 12.1 Å². The standard InChI is InChI=1S/C6H7N5/c7-4-2-1-3-5(10-4)11-6(8)9-3/h1-2H,(H5,7,8,9,10,11). The summed E-state index contributed by atoms with van der Waals surface area (Å²) in [4.78, 5) is 10.7. The van der Waals surface area contributed by atoms with E-state index in [1.807, 2.05) is 0 Å².